The number of carbonyl (C=O) groups excluding carboxylic acids is 2. The van der Waals surface area contributed by atoms with Crippen LogP contribution in [0.3, 0.4) is 0 Å². The summed E-state index contributed by atoms with van der Waals surface area (Å²) in [6, 6.07) is 8.12. The number of aryl methyl sites for hydroxylation is 2. The van der Waals surface area contributed by atoms with Crippen LogP contribution in [0, 0.1) is 13.8 Å². The Kier molecular flexibility index (Phi) is 6.95. The largest absolute Gasteiger partial charge is 0.338 e. The molecule has 1 fully saturated rings. The predicted octanol–water partition coefficient (Wildman–Crippen LogP) is 2.84. The van der Waals surface area contributed by atoms with Gasteiger partial charge in [-0.05, 0) is 38.8 Å². The fourth-order valence-corrected chi connectivity index (χ4v) is 4.55. The third kappa shape index (κ3) is 4.80. The highest BCUT2D eigenvalue weighted by Crippen LogP contribution is 2.24. The Hall–Kier alpha value is -2.35. The Bertz CT molecular complexity index is 882. The molecule has 7 nitrogen and oxygen atoms in total. The molecule has 1 aromatic carbocycles. The van der Waals surface area contributed by atoms with E-state index in [2.05, 4.69) is 23.2 Å². The van der Waals surface area contributed by atoms with Crippen LogP contribution in [-0.2, 0) is 9.59 Å². The van der Waals surface area contributed by atoms with E-state index in [1.165, 1.54) is 11.8 Å². The van der Waals surface area contributed by atoms with Gasteiger partial charge in [-0.15, -0.1) is 10.2 Å². The second-order valence-electron chi connectivity index (χ2n) is 7.47. The van der Waals surface area contributed by atoms with Gasteiger partial charge in [0.2, 0.25) is 11.8 Å². The first-order valence-electron chi connectivity index (χ1n) is 10.1. The summed E-state index contributed by atoms with van der Waals surface area (Å²) in [7, 11) is 0. The number of amides is 2. The van der Waals surface area contributed by atoms with Crippen LogP contribution >= 0.6 is 11.8 Å². The van der Waals surface area contributed by atoms with Crippen LogP contribution in [0.1, 0.15) is 38.1 Å². The van der Waals surface area contributed by atoms with Gasteiger partial charge in [-0.1, -0.05) is 36.9 Å². The molecule has 2 aromatic rings. The molecule has 1 saturated heterocycles. The number of piperazine rings is 1. The average Bonchev–Trinajstić information content (AvgIpc) is 3.06. The van der Waals surface area contributed by atoms with Crippen LogP contribution in [0.4, 0.5) is 0 Å². The number of rotatable bonds is 6. The highest BCUT2D eigenvalue weighted by atomic mass is 32.2. The molecule has 0 spiro atoms. The van der Waals surface area contributed by atoms with E-state index in [0.717, 1.165) is 28.7 Å². The molecule has 0 radical (unpaired) electrons. The average molecular weight is 416 g/mol. The van der Waals surface area contributed by atoms with Crippen LogP contribution < -0.4 is 0 Å². The molecular formula is C21H29N5O2S. The third-order valence-electron chi connectivity index (χ3n) is 5.24. The first-order chi connectivity index (χ1) is 13.9. The highest BCUT2D eigenvalue weighted by Gasteiger charge is 2.29. The number of para-hydroxylation sites is 1. The van der Waals surface area contributed by atoms with Crippen LogP contribution in [0.15, 0.2) is 29.4 Å². The number of carbonyl (C=O) groups is 2. The van der Waals surface area contributed by atoms with Gasteiger partial charge in [-0.25, -0.2) is 0 Å². The summed E-state index contributed by atoms with van der Waals surface area (Å²) >= 11 is 1.41. The summed E-state index contributed by atoms with van der Waals surface area (Å²) in [6.07, 6.45) is 1.42. The SMILES string of the molecule is CCCC(=O)N1CCN(C(=O)CSc2nnc(C)n2-c2ccccc2C)CC1C. The minimum Gasteiger partial charge on any atom is -0.338 e. The molecule has 1 aliphatic rings. The maximum atomic E-state index is 12.8. The van der Waals surface area contributed by atoms with Gasteiger partial charge in [0.1, 0.15) is 5.82 Å². The number of aromatic nitrogens is 3. The molecule has 3 rings (SSSR count). The summed E-state index contributed by atoms with van der Waals surface area (Å²) in [5, 5.41) is 9.20. The Balaban J connectivity index is 1.63. The van der Waals surface area contributed by atoms with E-state index in [0.29, 0.717) is 31.8 Å². The minimum absolute atomic E-state index is 0.0506. The topological polar surface area (TPSA) is 71.3 Å². The van der Waals surface area contributed by atoms with Crippen molar-refractivity contribution in [2.24, 2.45) is 0 Å². The molecule has 0 bridgehead atoms. The zero-order valence-corrected chi connectivity index (χ0v) is 18.4. The van der Waals surface area contributed by atoms with Gasteiger partial charge in [0, 0.05) is 32.1 Å². The molecule has 2 amide bonds. The van der Waals surface area contributed by atoms with Gasteiger partial charge in [-0.3, -0.25) is 14.2 Å². The Labute approximate surface area is 176 Å². The van der Waals surface area contributed by atoms with E-state index in [1.807, 2.05) is 53.3 Å². The lowest BCUT2D eigenvalue weighted by atomic mass is 10.1. The van der Waals surface area contributed by atoms with Gasteiger partial charge in [0.15, 0.2) is 5.16 Å². The molecule has 0 N–H and O–H groups in total. The van der Waals surface area contributed by atoms with Gasteiger partial charge < -0.3 is 9.80 Å². The fourth-order valence-electron chi connectivity index (χ4n) is 3.66. The number of benzene rings is 1. The second kappa shape index (κ2) is 9.43. The molecule has 1 aliphatic heterocycles. The molecule has 29 heavy (non-hydrogen) atoms. The molecule has 1 atom stereocenters. The summed E-state index contributed by atoms with van der Waals surface area (Å²) in [6.45, 7) is 9.76. The molecule has 0 aliphatic carbocycles. The highest BCUT2D eigenvalue weighted by molar-refractivity contribution is 7.99. The van der Waals surface area contributed by atoms with E-state index >= 15 is 0 Å². The van der Waals surface area contributed by atoms with Crippen molar-refractivity contribution in [1.29, 1.82) is 0 Å². The smallest absolute Gasteiger partial charge is 0.233 e. The van der Waals surface area contributed by atoms with Crippen LogP contribution in [0.5, 0.6) is 0 Å². The van der Waals surface area contributed by atoms with E-state index in [4.69, 9.17) is 0 Å². The molecule has 156 valence electrons. The quantitative estimate of drug-likeness (QED) is 0.679. The zero-order chi connectivity index (χ0) is 21.0. The van der Waals surface area contributed by atoms with E-state index in [9.17, 15) is 9.59 Å². The molecule has 1 aromatic heterocycles. The molecule has 8 heteroatoms. The normalized spacial score (nSPS) is 16.9. The number of thioether (sulfide) groups is 1. The van der Waals surface area contributed by atoms with Crippen molar-refractivity contribution >= 4 is 23.6 Å². The van der Waals surface area contributed by atoms with Crippen LogP contribution in [-0.4, -0.2) is 67.8 Å². The van der Waals surface area contributed by atoms with Crippen molar-refractivity contribution in [2.75, 3.05) is 25.4 Å². The number of nitrogens with zero attached hydrogens (tertiary/aromatic N) is 5. The first-order valence-corrected chi connectivity index (χ1v) is 11.1. The Morgan fingerprint density at radius 2 is 1.90 bits per heavy atom. The van der Waals surface area contributed by atoms with Gasteiger partial charge in [0.05, 0.1) is 11.4 Å². The summed E-state index contributed by atoms with van der Waals surface area (Å²) in [5.41, 5.74) is 2.16. The van der Waals surface area contributed by atoms with Crippen molar-refractivity contribution in [3.63, 3.8) is 0 Å². The number of hydrogen-bond acceptors (Lipinski definition) is 5. The van der Waals surface area contributed by atoms with Crippen molar-refractivity contribution < 1.29 is 9.59 Å². The first kappa shape index (κ1) is 21.4. The van der Waals surface area contributed by atoms with E-state index < -0.39 is 0 Å². The van der Waals surface area contributed by atoms with Gasteiger partial charge in [0.25, 0.3) is 0 Å². The lowest BCUT2D eigenvalue weighted by Gasteiger charge is -2.40. The number of hydrogen-bond donors (Lipinski definition) is 0. The Morgan fingerprint density at radius 1 is 1.14 bits per heavy atom. The monoisotopic (exact) mass is 415 g/mol. The Morgan fingerprint density at radius 3 is 2.59 bits per heavy atom. The lowest BCUT2D eigenvalue weighted by Crippen LogP contribution is -2.55. The van der Waals surface area contributed by atoms with Crippen LogP contribution in [0.2, 0.25) is 0 Å². The van der Waals surface area contributed by atoms with Gasteiger partial charge in [-0.2, -0.15) is 0 Å². The summed E-state index contributed by atoms with van der Waals surface area (Å²) in [5.74, 6) is 1.36. The van der Waals surface area contributed by atoms with Crippen LogP contribution in [0.25, 0.3) is 5.69 Å². The molecule has 2 heterocycles. The standard InChI is InChI=1S/C21H29N5O2S/c1-5-8-19(27)25-12-11-24(13-16(25)3)20(28)14-29-21-23-22-17(4)26(21)18-10-7-6-9-15(18)2/h6-7,9-10,16H,5,8,11-14H2,1-4H3. The van der Waals surface area contributed by atoms with Crippen molar-refractivity contribution in [3.05, 3.63) is 35.7 Å². The van der Waals surface area contributed by atoms with E-state index in [-0.39, 0.29) is 17.9 Å². The summed E-state index contributed by atoms with van der Waals surface area (Å²) in [4.78, 5) is 28.7. The van der Waals surface area contributed by atoms with Crippen molar-refractivity contribution in [1.82, 2.24) is 24.6 Å². The summed E-state index contributed by atoms with van der Waals surface area (Å²) < 4.78 is 2.00. The van der Waals surface area contributed by atoms with E-state index in [1.54, 1.807) is 0 Å². The maximum absolute atomic E-state index is 12.8. The lowest BCUT2D eigenvalue weighted by molar-refractivity contribution is -0.141. The zero-order valence-electron chi connectivity index (χ0n) is 17.6. The van der Waals surface area contributed by atoms with Gasteiger partial charge >= 0.3 is 0 Å². The molecule has 1 unspecified atom stereocenters. The van der Waals surface area contributed by atoms with Crippen molar-refractivity contribution in [3.8, 4) is 5.69 Å². The molecular weight excluding hydrogens is 386 g/mol. The maximum Gasteiger partial charge on any atom is 0.233 e. The minimum atomic E-state index is 0.0506. The second-order valence-corrected chi connectivity index (χ2v) is 8.41. The third-order valence-corrected chi connectivity index (χ3v) is 6.15. The fraction of sp³-hybridized carbons (Fsp3) is 0.524. The molecule has 0 saturated carbocycles. The van der Waals surface area contributed by atoms with Crippen molar-refractivity contribution in [2.45, 2.75) is 51.7 Å². The predicted molar refractivity (Wildman–Crippen MR) is 114 cm³/mol.